The quantitative estimate of drug-likeness (QED) is 0.538. The van der Waals surface area contributed by atoms with E-state index in [2.05, 4.69) is 25.3 Å². The van der Waals surface area contributed by atoms with Crippen LogP contribution in [0, 0.1) is 6.92 Å². The zero-order valence-electron chi connectivity index (χ0n) is 22.3. The van der Waals surface area contributed by atoms with Crippen LogP contribution in [0.3, 0.4) is 0 Å². The highest BCUT2D eigenvalue weighted by Crippen LogP contribution is 2.36. The van der Waals surface area contributed by atoms with Gasteiger partial charge in [-0.2, -0.15) is 13.2 Å². The van der Waals surface area contributed by atoms with Gasteiger partial charge >= 0.3 is 18.2 Å². The summed E-state index contributed by atoms with van der Waals surface area (Å²) in [5.41, 5.74) is -0.841. The van der Waals surface area contributed by atoms with Crippen LogP contribution in [0.5, 0.6) is 0 Å². The van der Waals surface area contributed by atoms with Crippen molar-refractivity contribution in [2.45, 2.75) is 70.6 Å². The van der Waals surface area contributed by atoms with Crippen LogP contribution in [0.4, 0.5) is 23.8 Å². The number of ether oxygens (including phenoxy) is 2. The van der Waals surface area contributed by atoms with Crippen molar-refractivity contribution in [3.63, 3.8) is 0 Å². The number of anilines is 1. The topological polar surface area (TPSA) is 119 Å². The molecule has 0 bridgehead atoms. The molecule has 208 valence electrons. The maximum Gasteiger partial charge on any atom is 0.451 e. The van der Waals surface area contributed by atoms with Crippen molar-refractivity contribution in [2.75, 3.05) is 32.1 Å². The lowest BCUT2D eigenvalue weighted by atomic mass is 9.78. The Kier molecular flexibility index (Phi) is 8.47. The summed E-state index contributed by atoms with van der Waals surface area (Å²) < 4.78 is 49.8. The van der Waals surface area contributed by atoms with Crippen LogP contribution in [-0.2, 0) is 25.9 Å². The molecule has 3 heterocycles. The van der Waals surface area contributed by atoms with Gasteiger partial charge in [0.2, 0.25) is 5.82 Å². The van der Waals surface area contributed by atoms with Gasteiger partial charge in [-0.1, -0.05) is 0 Å². The van der Waals surface area contributed by atoms with Gasteiger partial charge in [-0.15, -0.1) is 0 Å². The molecule has 13 heteroatoms. The lowest BCUT2D eigenvalue weighted by molar-refractivity contribution is -0.146. The summed E-state index contributed by atoms with van der Waals surface area (Å²) in [5, 5.41) is 2.82. The van der Waals surface area contributed by atoms with E-state index in [1.807, 2.05) is 0 Å². The van der Waals surface area contributed by atoms with Gasteiger partial charge in [-0.05, 0) is 53.5 Å². The first-order valence-electron chi connectivity index (χ1n) is 12.2. The third kappa shape index (κ3) is 6.87. The first-order chi connectivity index (χ1) is 17.6. The standard InChI is InChI=1S/C25H33F3N6O4/c1-15-30-13-17(19(32-15)16-8-11-34(12-9-16)22(36)38-23(2,3)4)24(5,21(35)37-6)14-31-18-7-10-29-20(33-18)25(26,27)28/h7,10,13,16H,8-9,11-12,14H2,1-6H3,(H,29,31,33). The average molecular weight is 539 g/mol. The highest BCUT2D eigenvalue weighted by molar-refractivity contribution is 5.84. The first kappa shape index (κ1) is 29.1. The minimum Gasteiger partial charge on any atom is -0.468 e. The second kappa shape index (κ2) is 11.1. The number of aryl methyl sites for hydroxylation is 1. The van der Waals surface area contributed by atoms with E-state index < -0.39 is 29.0 Å². The van der Waals surface area contributed by atoms with Gasteiger partial charge in [0.15, 0.2) is 0 Å². The largest absolute Gasteiger partial charge is 0.468 e. The molecule has 1 aliphatic heterocycles. The highest BCUT2D eigenvalue weighted by atomic mass is 19.4. The fraction of sp³-hybridized carbons (Fsp3) is 0.600. The summed E-state index contributed by atoms with van der Waals surface area (Å²) in [6.07, 6.45) is -1.40. The van der Waals surface area contributed by atoms with Crippen LogP contribution < -0.4 is 5.32 Å². The molecular weight excluding hydrogens is 505 g/mol. The minimum atomic E-state index is -4.71. The molecule has 0 saturated carbocycles. The van der Waals surface area contributed by atoms with E-state index in [1.54, 1.807) is 45.7 Å². The number of nitrogens with one attached hydrogen (secondary N) is 1. The SMILES string of the molecule is COC(=O)C(C)(CNc1ccnc(C(F)(F)F)n1)c1cnc(C)nc1C1CCN(C(=O)OC(C)(C)C)CC1. The second-order valence-electron chi connectivity index (χ2n) is 10.4. The van der Waals surface area contributed by atoms with Crippen molar-refractivity contribution >= 4 is 17.9 Å². The number of esters is 1. The number of piperidine rings is 1. The number of amides is 1. The normalized spacial score (nSPS) is 16.5. The molecule has 1 atom stereocenters. The average Bonchev–Trinajstić information content (AvgIpc) is 2.85. The molecule has 1 amide bonds. The van der Waals surface area contributed by atoms with E-state index in [-0.39, 0.29) is 24.4 Å². The predicted molar refractivity (Wildman–Crippen MR) is 131 cm³/mol. The molecule has 0 spiro atoms. The molecule has 1 aliphatic rings. The van der Waals surface area contributed by atoms with Crippen LogP contribution in [0.2, 0.25) is 0 Å². The number of nitrogens with zero attached hydrogens (tertiary/aromatic N) is 5. The molecule has 0 aromatic carbocycles. The van der Waals surface area contributed by atoms with E-state index in [9.17, 15) is 22.8 Å². The fourth-order valence-electron chi connectivity index (χ4n) is 4.25. The number of hydrogen-bond acceptors (Lipinski definition) is 9. The summed E-state index contributed by atoms with van der Waals surface area (Å²) in [6.45, 7) is 9.51. The van der Waals surface area contributed by atoms with Crippen molar-refractivity contribution in [1.82, 2.24) is 24.8 Å². The van der Waals surface area contributed by atoms with Crippen LogP contribution in [0.1, 0.15) is 69.4 Å². The van der Waals surface area contributed by atoms with Gasteiger partial charge in [0.1, 0.15) is 22.7 Å². The molecule has 0 radical (unpaired) electrons. The van der Waals surface area contributed by atoms with Crippen molar-refractivity contribution in [1.29, 1.82) is 0 Å². The molecule has 1 saturated heterocycles. The van der Waals surface area contributed by atoms with Gasteiger partial charge < -0.3 is 19.7 Å². The number of rotatable bonds is 6. The van der Waals surface area contributed by atoms with E-state index in [4.69, 9.17) is 9.47 Å². The Morgan fingerprint density at radius 1 is 1.11 bits per heavy atom. The molecule has 10 nitrogen and oxygen atoms in total. The summed E-state index contributed by atoms with van der Waals surface area (Å²) in [4.78, 5) is 43.0. The molecule has 0 aliphatic carbocycles. The number of hydrogen-bond donors (Lipinski definition) is 1. The van der Waals surface area contributed by atoms with Crippen LogP contribution in [0.15, 0.2) is 18.5 Å². The first-order valence-corrected chi connectivity index (χ1v) is 12.2. The zero-order chi connectivity index (χ0) is 28.3. The molecule has 1 unspecified atom stereocenters. The number of halogens is 3. The molecule has 1 fully saturated rings. The second-order valence-corrected chi connectivity index (χ2v) is 10.4. The number of alkyl halides is 3. The number of aromatic nitrogens is 4. The lowest BCUT2D eigenvalue weighted by Gasteiger charge is -2.35. The van der Waals surface area contributed by atoms with Crippen molar-refractivity contribution in [2.24, 2.45) is 0 Å². The zero-order valence-corrected chi connectivity index (χ0v) is 22.3. The molecule has 38 heavy (non-hydrogen) atoms. The Morgan fingerprint density at radius 2 is 1.76 bits per heavy atom. The van der Waals surface area contributed by atoms with Crippen LogP contribution in [-0.4, -0.2) is 69.2 Å². The van der Waals surface area contributed by atoms with Gasteiger partial charge in [-0.3, -0.25) is 4.79 Å². The molecule has 2 aromatic rings. The Morgan fingerprint density at radius 3 is 2.34 bits per heavy atom. The number of carbonyl (C=O) groups is 2. The molecule has 2 aromatic heterocycles. The fourth-order valence-corrected chi connectivity index (χ4v) is 4.25. The van der Waals surface area contributed by atoms with Crippen molar-refractivity contribution < 1.29 is 32.2 Å². The number of methoxy groups -OCH3 is 1. The van der Waals surface area contributed by atoms with Crippen LogP contribution in [0.25, 0.3) is 0 Å². The van der Waals surface area contributed by atoms with E-state index in [0.29, 0.717) is 43.0 Å². The summed E-state index contributed by atoms with van der Waals surface area (Å²) in [6, 6.07) is 1.28. The third-order valence-electron chi connectivity index (χ3n) is 6.23. The van der Waals surface area contributed by atoms with Crippen LogP contribution >= 0.6 is 0 Å². The monoisotopic (exact) mass is 538 g/mol. The predicted octanol–water partition coefficient (Wildman–Crippen LogP) is 4.25. The van der Waals surface area contributed by atoms with E-state index >= 15 is 0 Å². The molecule has 3 rings (SSSR count). The minimum absolute atomic E-state index is 0.0924. The lowest BCUT2D eigenvalue weighted by Crippen LogP contribution is -2.44. The number of carbonyl (C=O) groups excluding carboxylic acids is 2. The third-order valence-corrected chi connectivity index (χ3v) is 6.23. The van der Waals surface area contributed by atoms with Crippen molar-refractivity contribution in [3.05, 3.63) is 41.4 Å². The van der Waals surface area contributed by atoms with Gasteiger partial charge in [0.25, 0.3) is 0 Å². The Hall–Kier alpha value is -3.51. The summed E-state index contributed by atoms with van der Waals surface area (Å²) >= 11 is 0. The maximum atomic E-state index is 13.1. The van der Waals surface area contributed by atoms with Crippen molar-refractivity contribution in [3.8, 4) is 0 Å². The Bertz CT molecular complexity index is 1160. The van der Waals surface area contributed by atoms with E-state index in [0.717, 1.165) is 6.20 Å². The van der Waals surface area contributed by atoms with Gasteiger partial charge in [-0.25, -0.2) is 24.7 Å². The Labute approximate surface area is 219 Å². The van der Waals surface area contributed by atoms with Gasteiger partial charge in [0, 0.05) is 43.5 Å². The highest BCUT2D eigenvalue weighted by Gasteiger charge is 2.42. The Balaban J connectivity index is 1.87. The molecular formula is C25H33F3N6O4. The summed E-state index contributed by atoms with van der Waals surface area (Å²) in [7, 11) is 1.24. The number of likely N-dealkylation sites (tertiary alicyclic amines) is 1. The van der Waals surface area contributed by atoms with E-state index in [1.165, 1.54) is 13.2 Å². The molecule has 1 N–H and O–H groups in total. The maximum absolute atomic E-state index is 13.1. The van der Waals surface area contributed by atoms with Gasteiger partial charge in [0.05, 0.1) is 12.8 Å². The summed E-state index contributed by atoms with van der Waals surface area (Å²) in [5.74, 6) is -1.59. The smallest absolute Gasteiger partial charge is 0.451 e.